The third kappa shape index (κ3) is 3.75. The zero-order valence-corrected chi connectivity index (χ0v) is 13.2. The molecule has 1 aliphatic heterocycles. The molecule has 104 valence electrons. The van der Waals surface area contributed by atoms with E-state index in [-0.39, 0.29) is 5.41 Å². The molecule has 3 heteroatoms. The fourth-order valence-electron chi connectivity index (χ4n) is 2.27. The van der Waals surface area contributed by atoms with Crippen molar-refractivity contribution >= 4 is 22.6 Å². The monoisotopic (exact) mass is 276 g/mol. The molecule has 0 saturated carbocycles. The lowest BCUT2D eigenvalue weighted by molar-refractivity contribution is 0.316. The van der Waals surface area contributed by atoms with Gasteiger partial charge < -0.3 is 5.32 Å². The predicted molar refractivity (Wildman–Crippen MR) is 87.2 cm³/mol. The number of para-hydroxylation sites is 1. The van der Waals surface area contributed by atoms with Crippen LogP contribution >= 0.6 is 11.8 Å². The van der Waals surface area contributed by atoms with Crippen LogP contribution in [0.2, 0.25) is 0 Å². The van der Waals surface area contributed by atoms with Gasteiger partial charge in [0.2, 0.25) is 0 Å². The van der Waals surface area contributed by atoms with Crippen molar-refractivity contribution in [1.82, 2.24) is 0 Å². The fourth-order valence-corrected chi connectivity index (χ4v) is 3.19. The molecular weight excluding hydrogens is 252 g/mol. The number of amidine groups is 1. The molecule has 0 saturated heterocycles. The number of hydrogen-bond donors (Lipinski definition) is 1. The third-order valence-electron chi connectivity index (χ3n) is 3.54. The van der Waals surface area contributed by atoms with Crippen LogP contribution in [0.1, 0.15) is 39.7 Å². The molecule has 0 spiro atoms. The summed E-state index contributed by atoms with van der Waals surface area (Å²) in [5.74, 6) is 1.15. The highest BCUT2D eigenvalue weighted by atomic mass is 32.2. The van der Waals surface area contributed by atoms with E-state index in [0.717, 1.165) is 17.3 Å². The first kappa shape index (κ1) is 14.4. The minimum atomic E-state index is 0.248. The number of hydrogen-bond acceptors (Lipinski definition) is 3. The molecular formula is C16H24N2S. The lowest BCUT2D eigenvalue weighted by atomic mass is 9.85. The Balaban J connectivity index is 2.16. The third-order valence-corrected chi connectivity index (χ3v) is 4.46. The standard InChI is InChI=1S/C16H24N2S/c1-5-12-8-6-7-9-13(12)17-15-18-14(10-11-19-15)16(2,3)4/h6-9,14H,5,10-11H2,1-4H3,(H,17,18). The van der Waals surface area contributed by atoms with E-state index in [2.05, 4.69) is 57.3 Å². The Hall–Kier alpha value is -0.960. The molecule has 1 aromatic rings. The maximum absolute atomic E-state index is 4.89. The Morgan fingerprint density at radius 1 is 1.32 bits per heavy atom. The van der Waals surface area contributed by atoms with Crippen molar-refractivity contribution in [1.29, 1.82) is 0 Å². The first-order chi connectivity index (χ1) is 9.00. The van der Waals surface area contributed by atoms with E-state index < -0.39 is 0 Å². The molecule has 0 aliphatic carbocycles. The molecule has 2 nitrogen and oxygen atoms in total. The van der Waals surface area contributed by atoms with Crippen LogP contribution in [0, 0.1) is 5.41 Å². The van der Waals surface area contributed by atoms with Crippen LogP contribution in [0.25, 0.3) is 0 Å². The molecule has 0 amide bonds. The van der Waals surface area contributed by atoms with Crippen molar-refractivity contribution in [3.05, 3.63) is 29.8 Å². The van der Waals surface area contributed by atoms with Crippen molar-refractivity contribution < 1.29 is 0 Å². The van der Waals surface area contributed by atoms with Crippen molar-refractivity contribution in [2.75, 3.05) is 11.1 Å². The number of nitrogens with one attached hydrogen (secondary N) is 1. The number of thioether (sulfide) groups is 1. The Morgan fingerprint density at radius 3 is 2.74 bits per heavy atom. The maximum Gasteiger partial charge on any atom is 0.161 e. The first-order valence-electron chi connectivity index (χ1n) is 7.06. The molecule has 0 bridgehead atoms. The fraction of sp³-hybridized carbons (Fsp3) is 0.562. The highest BCUT2D eigenvalue weighted by Gasteiger charge is 2.27. The summed E-state index contributed by atoms with van der Waals surface area (Å²) in [5.41, 5.74) is 2.80. The van der Waals surface area contributed by atoms with Crippen LogP contribution in [0.15, 0.2) is 29.3 Å². The van der Waals surface area contributed by atoms with Gasteiger partial charge in [-0.3, -0.25) is 4.99 Å². The molecule has 2 rings (SSSR count). The van der Waals surface area contributed by atoms with Gasteiger partial charge >= 0.3 is 0 Å². The summed E-state index contributed by atoms with van der Waals surface area (Å²) >= 11 is 1.84. The largest absolute Gasteiger partial charge is 0.335 e. The van der Waals surface area contributed by atoms with Crippen LogP contribution in [0.5, 0.6) is 0 Å². The average molecular weight is 276 g/mol. The summed E-state index contributed by atoms with van der Waals surface area (Å²) in [6.07, 6.45) is 2.22. The molecule has 1 heterocycles. The van der Waals surface area contributed by atoms with Crippen LogP contribution in [-0.2, 0) is 6.42 Å². The summed E-state index contributed by atoms with van der Waals surface area (Å²) in [5, 5.41) is 4.59. The Kier molecular flexibility index (Phi) is 4.56. The van der Waals surface area contributed by atoms with E-state index in [1.165, 1.54) is 17.7 Å². The molecule has 0 radical (unpaired) electrons. The summed E-state index contributed by atoms with van der Waals surface area (Å²) in [4.78, 5) is 4.89. The number of anilines is 1. The number of benzene rings is 1. The molecule has 0 aromatic heterocycles. The van der Waals surface area contributed by atoms with Gasteiger partial charge in [-0.15, -0.1) is 0 Å². The minimum Gasteiger partial charge on any atom is -0.335 e. The lowest BCUT2D eigenvalue weighted by Gasteiger charge is -2.31. The number of aliphatic imine (C=N–C) groups is 1. The normalized spacial score (nSPS) is 20.0. The quantitative estimate of drug-likeness (QED) is 0.855. The van der Waals surface area contributed by atoms with Gasteiger partial charge in [-0.05, 0) is 29.9 Å². The van der Waals surface area contributed by atoms with Crippen LogP contribution in [0.4, 0.5) is 5.69 Å². The van der Waals surface area contributed by atoms with Gasteiger partial charge in [-0.1, -0.05) is 57.7 Å². The van der Waals surface area contributed by atoms with Gasteiger partial charge in [0.25, 0.3) is 0 Å². The summed E-state index contributed by atoms with van der Waals surface area (Å²) in [7, 11) is 0. The second-order valence-electron chi connectivity index (χ2n) is 6.09. The summed E-state index contributed by atoms with van der Waals surface area (Å²) in [6, 6.07) is 8.92. The van der Waals surface area contributed by atoms with E-state index in [4.69, 9.17) is 4.99 Å². The van der Waals surface area contributed by atoms with Crippen LogP contribution in [-0.4, -0.2) is 17.0 Å². The Morgan fingerprint density at radius 2 is 2.05 bits per heavy atom. The van der Waals surface area contributed by atoms with E-state index in [1.807, 2.05) is 11.8 Å². The average Bonchev–Trinajstić information content (AvgIpc) is 2.39. The van der Waals surface area contributed by atoms with Gasteiger partial charge in [0.05, 0.1) is 6.04 Å². The minimum absolute atomic E-state index is 0.248. The predicted octanol–water partition coefficient (Wildman–Crippen LogP) is 4.57. The molecule has 19 heavy (non-hydrogen) atoms. The van der Waals surface area contributed by atoms with Crippen molar-refractivity contribution in [3.63, 3.8) is 0 Å². The second-order valence-corrected chi connectivity index (χ2v) is 7.17. The maximum atomic E-state index is 4.89. The molecule has 1 aliphatic rings. The van der Waals surface area contributed by atoms with E-state index >= 15 is 0 Å². The van der Waals surface area contributed by atoms with Crippen LogP contribution < -0.4 is 5.32 Å². The molecule has 1 N–H and O–H groups in total. The Bertz CT molecular complexity index is 460. The van der Waals surface area contributed by atoms with E-state index in [9.17, 15) is 0 Å². The first-order valence-corrected chi connectivity index (χ1v) is 8.05. The van der Waals surface area contributed by atoms with Crippen molar-refractivity contribution in [3.8, 4) is 0 Å². The SMILES string of the molecule is CCc1ccccc1NC1=NC(C(C)(C)C)CCS1. The lowest BCUT2D eigenvalue weighted by Crippen LogP contribution is -2.30. The summed E-state index contributed by atoms with van der Waals surface area (Å²) < 4.78 is 0. The van der Waals surface area contributed by atoms with Crippen LogP contribution in [0.3, 0.4) is 0 Å². The van der Waals surface area contributed by atoms with Gasteiger partial charge in [0.15, 0.2) is 5.17 Å². The molecule has 1 aromatic carbocycles. The molecule has 1 unspecified atom stereocenters. The highest BCUT2D eigenvalue weighted by Crippen LogP contribution is 2.31. The summed E-state index contributed by atoms with van der Waals surface area (Å²) in [6.45, 7) is 9.01. The van der Waals surface area contributed by atoms with E-state index in [0.29, 0.717) is 6.04 Å². The Labute approximate surface area is 121 Å². The van der Waals surface area contributed by atoms with Gasteiger partial charge in [0.1, 0.15) is 0 Å². The molecule has 1 atom stereocenters. The zero-order valence-electron chi connectivity index (χ0n) is 12.4. The zero-order chi connectivity index (χ0) is 13.9. The van der Waals surface area contributed by atoms with Gasteiger partial charge in [0, 0.05) is 11.4 Å². The number of aryl methyl sites for hydroxylation is 1. The highest BCUT2D eigenvalue weighted by molar-refractivity contribution is 8.14. The van der Waals surface area contributed by atoms with Crippen molar-refractivity contribution in [2.45, 2.75) is 46.6 Å². The van der Waals surface area contributed by atoms with Gasteiger partial charge in [-0.25, -0.2) is 0 Å². The topological polar surface area (TPSA) is 24.4 Å². The second kappa shape index (κ2) is 6.00. The van der Waals surface area contributed by atoms with Crippen molar-refractivity contribution in [2.24, 2.45) is 10.4 Å². The van der Waals surface area contributed by atoms with Gasteiger partial charge in [-0.2, -0.15) is 0 Å². The number of rotatable bonds is 2. The number of nitrogens with zero attached hydrogens (tertiary/aromatic N) is 1. The molecule has 0 fully saturated rings. The van der Waals surface area contributed by atoms with E-state index in [1.54, 1.807) is 0 Å². The smallest absolute Gasteiger partial charge is 0.161 e.